The third-order valence-corrected chi connectivity index (χ3v) is 9.28. The molecule has 1 aromatic carbocycles. The second kappa shape index (κ2) is 10.2. The first-order valence-electron chi connectivity index (χ1n) is 15.0. The number of nitrogens with zero attached hydrogens (tertiary/aromatic N) is 8. The average Bonchev–Trinajstić information content (AvgIpc) is 3.77. The van der Waals surface area contributed by atoms with Crippen molar-refractivity contribution in [3.8, 4) is 11.5 Å². The summed E-state index contributed by atoms with van der Waals surface area (Å²) in [6, 6.07) is 11.8. The van der Waals surface area contributed by atoms with Crippen LogP contribution in [0, 0.1) is 6.92 Å². The number of fused-ring (bicyclic) bond motifs is 3. The highest BCUT2D eigenvalue weighted by molar-refractivity contribution is 5.89. The standard InChI is InChI=1S/C32H33N9O2/c1-22-16-24(4-5-27(22)43-25-7-14-40-28(17-25)33-20-35-40)37-31-30-26(8-15-41(30)36-21-34-31)23-18-38(19-23)29(42)6-11-32-9-2-12-39(32)13-3-10-32/h4-8,11,14-17,20-21,23H,2-3,9-10,12-13,18-19H2,1H3,(H,34,36,37)/b11-6+. The van der Waals surface area contributed by atoms with E-state index in [1.807, 2.05) is 65.1 Å². The molecule has 11 nitrogen and oxygen atoms in total. The van der Waals surface area contributed by atoms with E-state index < -0.39 is 0 Å². The molecule has 0 aliphatic carbocycles. The summed E-state index contributed by atoms with van der Waals surface area (Å²) in [5.74, 6) is 2.53. The fourth-order valence-electron chi connectivity index (χ4n) is 6.97. The number of benzene rings is 1. The van der Waals surface area contributed by atoms with Crippen molar-refractivity contribution >= 4 is 28.6 Å². The van der Waals surface area contributed by atoms with Crippen molar-refractivity contribution in [3.63, 3.8) is 0 Å². The third kappa shape index (κ3) is 4.60. The van der Waals surface area contributed by atoms with Gasteiger partial charge in [-0.25, -0.2) is 19.0 Å². The summed E-state index contributed by atoms with van der Waals surface area (Å²) in [5.41, 5.74) is 4.79. The molecule has 0 atom stereocenters. The lowest BCUT2D eigenvalue weighted by atomic mass is 9.91. The molecular weight excluding hydrogens is 542 g/mol. The average molecular weight is 576 g/mol. The minimum Gasteiger partial charge on any atom is -0.457 e. The number of anilines is 2. The van der Waals surface area contributed by atoms with Gasteiger partial charge in [-0.1, -0.05) is 6.08 Å². The molecule has 1 amide bonds. The van der Waals surface area contributed by atoms with Crippen LogP contribution in [0.3, 0.4) is 0 Å². The smallest absolute Gasteiger partial charge is 0.246 e. The maximum absolute atomic E-state index is 13.0. The highest BCUT2D eigenvalue weighted by Crippen LogP contribution is 2.40. The Morgan fingerprint density at radius 3 is 2.63 bits per heavy atom. The fourth-order valence-corrected chi connectivity index (χ4v) is 6.97. The number of hydrogen-bond acceptors (Lipinski definition) is 8. The first-order valence-corrected chi connectivity index (χ1v) is 15.0. The van der Waals surface area contributed by atoms with Crippen molar-refractivity contribution < 1.29 is 9.53 Å². The van der Waals surface area contributed by atoms with Gasteiger partial charge in [0.15, 0.2) is 11.5 Å². The predicted octanol–water partition coefficient (Wildman–Crippen LogP) is 4.73. The van der Waals surface area contributed by atoms with Crippen molar-refractivity contribution in [1.82, 2.24) is 39.0 Å². The van der Waals surface area contributed by atoms with Crippen molar-refractivity contribution in [2.24, 2.45) is 0 Å². The van der Waals surface area contributed by atoms with E-state index in [1.54, 1.807) is 10.8 Å². The Kier molecular flexibility index (Phi) is 6.14. The normalized spacial score (nSPS) is 18.5. The SMILES string of the molecule is Cc1cc(Nc2ncnn3ccc(C4CN(C(=O)/C=C/C56CCCN5CCC6)C4)c23)ccc1Oc1ccn2ncnc2c1. The Morgan fingerprint density at radius 1 is 1.00 bits per heavy atom. The molecular formula is C32H33N9O2. The zero-order valence-corrected chi connectivity index (χ0v) is 24.1. The number of carbonyl (C=O) groups excluding carboxylic acids is 1. The minimum atomic E-state index is 0.113. The molecule has 3 fully saturated rings. The van der Waals surface area contributed by atoms with Crippen LogP contribution in [0.15, 0.2) is 73.6 Å². The molecule has 5 aromatic rings. The number of aryl methyl sites for hydroxylation is 1. The van der Waals surface area contributed by atoms with Gasteiger partial charge < -0.3 is 15.0 Å². The Labute approximate surface area is 248 Å². The molecule has 0 radical (unpaired) electrons. The van der Waals surface area contributed by atoms with Gasteiger partial charge in [-0.05, 0) is 87.2 Å². The molecule has 0 bridgehead atoms. The number of rotatable bonds is 7. The number of likely N-dealkylation sites (tertiary alicyclic amines) is 1. The molecule has 3 aliphatic rings. The molecule has 8 rings (SSSR count). The molecule has 43 heavy (non-hydrogen) atoms. The molecule has 3 saturated heterocycles. The van der Waals surface area contributed by atoms with Gasteiger partial charge in [-0.3, -0.25) is 9.69 Å². The summed E-state index contributed by atoms with van der Waals surface area (Å²) in [6.07, 6.45) is 15.7. The summed E-state index contributed by atoms with van der Waals surface area (Å²) in [5, 5.41) is 12.1. The molecule has 7 heterocycles. The van der Waals surface area contributed by atoms with E-state index in [9.17, 15) is 4.79 Å². The fraction of sp³-hybridized carbons (Fsp3) is 0.344. The first kappa shape index (κ1) is 25.9. The van der Waals surface area contributed by atoms with Crippen LogP contribution in [0.1, 0.15) is 42.7 Å². The van der Waals surface area contributed by atoms with Crippen LogP contribution in [0.2, 0.25) is 0 Å². The Morgan fingerprint density at radius 2 is 1.79 bits per heavy atom. The molecule has 11 heteroatoms. The lowest BCUT2D eigenvalue weighted by molar-refractivity contribution is -0.130. The molecule has 4 aromatic heterocycles. The van der Waals surface area contributed by atoms with E-state index in [2.05, 4.69) is 42.5 Å². The maximum Gasteiger partial charge on any atom is 0.246 e. The highest BCUT2D eigenvalue weighted by atomic mass is 16.5. The van der Waals surface area contributed by atoms with Gasteiger partial charge in [0.05, 0.1) is 0 Å². The van der Waals surface area contributed by atoms with Crippen molar-refractivity contribution in [2.45, 2.75) is 44.1 Å². The Bertz CT molecular complexity index is 1860. The zero-order chi connectivity index (χ0) is 29.0. The van der Waals surface area contributed by atoms with E-state index in [0.717, 1.165) is 52.6 Å². The van der Waals surface area contributed by atoms with Crippen LogP contribution in [0.25, 0.3) is 11.2 Å². The van der Waals surface area contributed by atoms with Crippen LogP contribution >= 0.6 is 0 Å². The van der Waals surface area contributed by atoms with Crippen LogP contribution in [-0.4, -0.2) is 76.6 Å². The molecule has 218 valence electrons. The Hall–Kier alpha value is -4.77. The molecule has 3 aliphatic heterocycles. The molecule has 1 N–H and O–H groups in total. The quantitative estimate of drug-likeness (QED) is 0.278. The highest BCUT2D eigenvalue weighted by Gasteiger charge is 2.42. The van der Waals surface area contributed by atoms with Gasteiger partial charge in [0.2, 0.25) is 5.91 Å². The number of nitrogens with one attached hydrogen (secondary N) is 1. The summed E-state index contributed by atoms with van der Waals surface area (Å²) >= 11 is 0. The summed E-state index contributed by atoms with van der Waals surface area (Å²) in [7, 11) is 0. The topological polar surface area (TPSA) is 105 Å². The lowest BCUT2D eigenvalue weighted by Crippen LogP contribution is -2.48. The third-order valence-electron chi connectivity index (χ3n) is 9.28. The number of aromatic nitrogens is 6. The van der Waals surface area contributed by atoms with Gasteiger partial charge in [0, 0.05) is 54.8 Å². The summed E-state index contributed by atoms with van der Waals surface area (Å²) < 4.78 is 9.69. The number of ether oxygens (including phenoxy) is 1. The van der Waals surface area contributed by atoms with Gasteiger partial charge in [-0.15, -0.1) is 0 Å². The predicted molar refractivity (Wildman–Crippen MR) is 162 cm³/mol. The molecule has 0 spiro atoms. The molecule has 0 unspecified atom stereocenters. The van der Waals surface area contributed by atoms with E-state index in [4.69, 9.17) is 4.74 Å². The number of carbonyl (C=O) groups is 1. The maximum atomic E-state index is 13.0. The van der Waals surface area contributed by atoms with Crippen LogP contribution in [0.5, 0.6) is 11.5 Å². The second-order valence-corrected chi connectivity index (χ2v) is 11.9. The zero-order valence-electron chi connectivity index (χ0n) is 24.1. The van der Waals surface area contributed by atoms with Crippen LogP contribution in [0.4, 0.5) is 11.5 Å². The van der Waals surface area contributed by atoms with E-state index in [0.29, 0.717) is 18.8 Å². The van der Waals surface area contributed by atoms with Crippen LogP contribution in [-0.2, 0) is 4.79 Å². The van der Waals surface area contributed by atoms with Gasteiger partial charge >= 0.3 is 0 Å². The van der Waals surface area contributed by atoms with E-state index in [-0.39, 0.29) is 17.4 Å². The van der Waals surface area contributed by atoms with E-state index in [1.165, 1.54) is 32.0 Å². The number of pyridine rings is 1. The second-order valence-electron chi connectivity index (χ2n) is 11.9. The number of amides is 1. The first-order chi connectivity index (χ1) is 21.0. The Balaban J connectivity index is 0.964. The minimum absolute atomic E-state index is 0.113. The van der Waals surface area contributed by atoms with Crippen LogP contribution < -0.4 is 10.1 Å². The monoisotopic (exact) mass is 575 g/mol. The van der Waals surface area contributed by atoms with Gasteiger partial charge in [0.1, 0.15) is 29.7 Å². The largest absolute Gasteiger partial charge is 0.457 e. The van der Waals surface area contributed by atoms with E-state index >= 15 is 0 Å². The lowest BCUT2D eigenvalue weighted by Gasteiger charge is -2.39. The molecule has 0 saturated carbocycles. The number of hydrogen-bond donors (Lipinski definition) is 1. The van der Waals surface area contributed by atoms with Crippen molar-refractivity contribution in [2.75, 3.05) is 31.5 Å². The van der Waals surface area contributed by atoms with Gasteiger partial charge in [-0.2, -0.15) is 10.2 Å². The summed E-state index contributed by atoms with van der Waals surface area (Å²) in [4.78, 5) is 26.3. The van der Waals surface area contributed by atoms with Crippen molar-refractivity contribution in [3.05, 3.63) is 84.7 Å². The van der Waals surface area contributed by atoms with Crippen molar-refractivity contribution in [1.29, 1.82) is 0 Å². The van der Waals surface area contributed by atoms with Gasteiger partial charge in [0.25, 0.3) is 0 Å². The summed E-state index contributed by atoms with van der Waals surface area (Å²) in [6.45, 7) is 5.71.